The summed E-state index contributed by atoms with van der Waals surface area (Å²) in [6.07, 6.45) is 2.62. The maximum Gasteiger partial charge on any atom is 0.241 e. The molecule has 1 fully saturated rings. The third-order valence-electron chi connectivity index (χ3n) is 3.26. The Morgan fingerprint density at radius 1 is 1.44 bits per heavy atom. The van der Waals surface area contributed by atoms with Crippen molar-refractivity contribution in [2.45, 2.75) is 20.0 Å². The van der Waals surface area contributed by atoms with Crippen LogP contribution >= 0.6 is 0 Å². The van der Waals surface area contributed by atoms with Gasteiger partial charge in [-0.1, -0.05) is 0 Å². The molecule has 1 N–H and O–H groups in total. The number of hydrogen-bond donors (Lipinski definition) is 1. The van der Waals surface area contributed by atoms with Gasteiger partial charge in [0.05, 0.1) is 13.2 Å². The molecule has 2 rings (SSSR count). The van der Waals surface area contributed by atoms with Gasteiger partial charge in [0.1, 0.15) is 5.82 Å². The number of aliphatic hydroxyl groups is 1. The van der Waals surface area contributed by atoms with Crippen molar-refractivity contribution in [3.05, 3.63) is 23.4 Å². The Morgan fingerprint density at radius 2 is 2.22 bits per heavy atom. The molecule has 1 aromatic rings. The fourth-order valence-corrected chi connectivity index (χ4v) is 2.21. The zero-order valence-corrected chi connectivity index (χ0v) is 10.9. The maximum atomic E-state index is 11.8. The van der Waals surface area contributed by atoms with Gasteiger partial charge < -0.3 is 14.9 Å². The first kappa shape index (κ1) is 12.8. The monoisotopic (exact) mass is 249 g/mol. The first-order chi connectivity index (χ1) is 8.61. The Hall–Kier alpha value is -1.62. The smallest absolute Gasteiger partial charge is 0.241 e. The van der Waals surface area contributed by atoms with Crippen molar-refractivity contribution in [2.75, 3.05) is 31.6 Å². The van der Waals surface area contributed by atoms with E-state index in [1.165, 1.54) is 0 Å². The molecule has 18 heavy (non-hydrogen) atoms. The summed E-state index contributed by atoms with van der Waals surface area (Å²) < 4.78 is 0. The van der Waals surface area contributed by atoms with Crippen molar-refractivity contribution in [2.24, 2.45) is 0 Å². The number of hydrogen-bond acceptors (Lipinski definition) is 4. The molecule has 0 saturated carbocycles. The summed E-state index contributed by atoms with van der Waals surface area (Å²) in [7, 11) is 1.83. The summed E-state index contributed by atoms with van der Waals surface area (Å²) in [6.45, 7) is 3.96. The lowest BCUT2D eigenvalue weighted by Gasteiger charge is -2.22. The molecule has 5 heteroatoms. The number of rotatable bonds is 2. The highest BCUT2D eigenvalue weighted by Gasteiger charge is 2.21. The Morgan fingerprint density at radius 3 is 2.89 bits per heavy atom. The van der Waals surface area contributed by atoms with Gasteiger partial charge in [0.15, 0.2) is 0 Å². The topological polar surface area (TPSA) is 56.7 Å². The molecule has 0 spiro atoms. The largest absolute Gasteiger partial charge is 0.392 e. The highest BCUT2D eigenvalue weighted by Crippen LogP contribution is 2.19. The molecule has 0 atom stereocenters. The summed E-state index contributed by atoms with van der Waals surface area (Å²) in [5, 5.41) is 9.07. The SMILES string of the molecule is Cc1cc(CO)cnc1N1CCCN(C)C(=O)C1. The molecule has 0 bridgehead atoms. The van der Waals surface area contributed by atoms with Gasteiger partial charge in [0.25, 0.3) is 0 Å². The third-order valence-corrected chi connectivity index (χ3v) is 3.26. The average Bonchev–Trinajstić information content (AvgIpc) is 2.52. The highest BCUT2D eigenvalue weighted by atomic mass is 16.3. The lowest BCUT2D eigenvalue weighted by molar-refractivity contribution is -0.127. The summed E-state index contributed by atoms with van der Waals surface area (Å²) in [5.41, 5.74) is 1.80. The molecule has 0 unspecified atom stereocenters. The minimum absolute atomic E-state index is 0.00418. The summed E-state index contributed by atoms with van der Waals surface area (Å²) >= 11 is 0. The molecule has 1 saturated heterocycles. The van der Waals surface area contributed by atoms with E-state index in [9.17, 15) is 4.79 Å². The Balaban J connectivity index is 2.22. The standard InChI is InChI=1S/C13H19N3O2/c1-10-6-11(9-17)7-14-13(10)16-5-3-4-15(2)12(18)8-16/h6-7,17H,3-5,8-9H2,1-2H3. The van der Waals surface area contributed by atoms with Crippen molar-refractivity contribution in [3.63, 3.8) is 0 Å². The molecular formula is C13H19N3O2. The van der Waals surface area contributed by atoms with E-state index in [4.69, 9.17) is 5.11 Å². The fourth-order valence-electron chi connectivity index (χ4n) is 2.21. The second-order valence-corrected chi connectivity index (χ2v) is 4.73. The Labute approximate surface area is 107 Å². The molecule has 0 radical (unpaired) electrons. The van der Waals surface area contributed by atoms with Crippen LogP contribution in [0, 0.1) is 6.92 Å². The van der Waals surface area contributed by atoms with Crippen LogP contribution in [0.25, 0.3) is 0 Å². The summed E-state index contributed by atoms with van der Waals surface area (Å²) in [6, 6.07) is 1.92. The predicted molar refractivity (Wildman–Crippen MR) is 69.4 cm³/mol. The maximum absolute atomic E-state index is 11.8. The number of carbonyl (C=O) groups is 1. The van der Waals surface area contributed by atoms with E-state index >= 15 is 0 Å². The molecule has 1 aromatic heterocycles. The quantitative estimate of drug-likeness (QED) is 0.831. The second-order valence-electron chi connectivity index (χ2n) is 4.73. The van der Waals surface area contributed by atoms with Crippen molar-refractivity contribution < 1.29 is 9.90 Å². The number of nitrogens with zero attached hydrogens (tertiary/aromatic N) is 3. The van der Waals surface area contributed by atoms with Crippen LogP contribution in [0.2, 0.25) is 0 Å². The molecule has 2 heterocycles. The number of amides is 1. The number of carbonyl (C=O) groups excluding carboxylic acids is 1. The van der Waals surface area contributed by atoms with E-state index in [-0.39, 0.29) is 12.5 Å². The second kappa shape index (κ2) is 5.35. The van der Waals surface area contributed by atoms with Crippen LogP contribution in [0.5, 0.6) is 0 Å². The summed E-state index contributed by atoms with van der Waals surface area (Å²) in [4.78, 5) is 20.0. The van der Waals surface area contributed by atoms with E-state index < -0.39 is 0 Å². The lowest BCUT2D eigenvalue weighted by Crippen LogP contribution is -2.35. The van der Waals surface area contributed by atoms with Crippen molar-refractivity contribution in [1.82, 2.24) is 9.88 Å². The van der Waals surface area contributed by atoms with Gasteiger partial charge in [-0.15, -0.1) is 0 Å². The zero-order valence-electron chi connectivity index (χ0n) is 10.9. The number of aryl methyl sites for hydroxylation is 1. The van der Waals surface area contributed by atoms with Gasteiger partial charge in [0.2, 0.25) is 5.91 Å². The number of anilines is 1. The Kier molecular flexibility index (Phi) is 3.81. The van der Waals surface area contributed by atoms with Crippen LogP contribution in [0.1, 0.15) is 17.5 Å². The highest BCUT2D eigenvalue weighted by molar-refractivity contribution is 5.81. The van der Waals surface area contributed by atoms with Gasteiger partial charge in [-0.05, 0) is 30.5 Å². The van der Waals surface area contributed by atoms with Gasteiger partial charge >= 0.3 is 0 Å². The molecule has 98 valence electrons. The van der Waals surface area contributed by atoms with Crippen LogP contribution < -0.4 is 4.90 Å². The van der Waals surface area contributed by atoms with E-state index in [0.29, 0.717) is 6.54 Å². The Bertz CT molecular complexity index is 448. The van der Waals surface area contributed by atoms with Gasteiger partial charge in [0, 0.05) is 26.3 Å². The van der Waals surface area contributed by atoms with Crippen LogP contribution in [0.4, 0.5) is 5.82 Å². The molecule has 0 aromatic carbocycles. The number of aliphatic hydroxyl groups excluding tert-OH is 1. The minimum atomic E-state index is -0.00418. The normalized spacial score (nSPS) is 16.9. The molecule has 1 aliphatic rings. The van der Waals surface area contributed by atoms with E-state index in [2.05, 4.69) is 4.98 Å². The van der Waals surface area contributed by atoms with Crippen molar-refractivity contribution >= 4 is 11.7 Å². The van der Waals surface area contributed by atoms with Crippen LogP contribution in [-0.2, 0) is 11.4 Å². The number of aromatic nitrogens is 1. The van der Waals surface area contributed by atoms with Crippen LogP contribution in [0.3, 0.4) is 0 Å². The number of likely N-dealkylation sites (N-methyl/N-ethyl adjacent to an activating group) is 1. The van der Waals surface area contributed by atoms with Crippen molar-refractivity contribution in [1.29, 1.82) is 0 Å². The number of pyridine rings is 1. The first-order valence-electron chi connectivity index (χ1n) is 6.17. The predicted octanol–water partition coefficient (Wildman–Crippen LogP) is 0.551. The van der Waals surface area contributed by atoms with E-state index in [0.717, 1.165) is 36.5 Å². The summed E-state index contributed by atoms with van der Waals surface area (Å²) in [5.74, 6) is 0.968. The first-order valence-corrected chi connectivity index (χ1v) is 6.17. The van der Waals surface area contributed by atoms with Crippen LogP contribution in [0.15, 0.2) is 12.3 Å². The molecule has 5 nitrogen and oxygen atoms in total. The van der Waals surface area contributed by atoms with Crippen molar-refractivity contribution in [3.8, 4) is 0 Å². The molecule has 0 aliphatic carbocycles. The minimum Gasteiger partial charge on any atom is -0.392 e. The third kappa shape index (κ3) is 2.61. The van der Waals surface area contributed by atoms with E-state index in [1.807, 2.05) is 24.9 Å². The zero-order chi connectivity index (χ0) is 13.1. The van der Waals surface area contributed by atoms with Gasteiger partial charge in [-0.3, -0.25) is 4.79 Å². The molecular weight excluding hydrogens is 230 g/mol. The molecule has 1 aliphatic heterocycles. The van der Waals surface area contributed by atoms with Gasteiger partial charge in [-0.25, -0.2) is 4.98 Å². The van der Waals surface area contributed by atoms with Gasteiger partial charge in [-0.2, -0.15) is 0 Å². The fraction of sp³-hybridized carbons (Fsp3) is 0.538. The lowest BCUT2D eigenvalue weighted by atomic mass is 10.2. The van der Waals surface area contributed by atoms with Crippen LogP contribution in [-0.4, -0.2) is 47.6 Å². The molecule has 1 amide bonds. The van der Waals surface area contributed by atoms with E-state index in [1.54, 1.807) is 11.1 Å². The average molecular weight is 249 g/mol.